The van der Waals surface area contributed by atoms with Gasteiger partial charge in [-0.15, -0.1) is 10.2 Å². The maximum absolute atomic E-state index is 13.2. The van der Waals surface area contributed by atoms with Crippen molar-refractivity contribution in [3.63, 3.8) is 0 Å². The van der Waals surface area contributed by atoms with Crippen LogP contribution in [0.25, 0.3) is 28.5 Å². The molecule has 0 radical (unpaired) electrons. The summed E-state index contributed by atoms with van der Waals surface area (Å²) in [5.41, 5.74) is 2.48. The fourth-order valence-electron chi connectivity index (χ4n) is 3.27. The Kier molecular flexibility index (Phi) is 5.86. The van der Waals surface area contributed by atoms with Gasteiger partial charge in [0.15, 0.2) is 16.8 Å². The highest BCUT2D eigenvalue weighted by Gasteiger charge is 2.18. The predicted molar refractivity (Wildman–Crippen MR) is 123 cm³/mol. The van der Waals surface area contributed by atoms with Gasteiger partial charge in [-0.1, -0.05) is 47.3 Å². The molecule has 33 heavy (non-hydrogen) atoms. The van der Waals surface area contributed by atoms with Gasteiger partial charge in [0, 0.05) is 16.8 Å². The van der Waals surface area contributed by atoms with Crippen LogP contribution in [0.2, 0.25) is 0 Å². The van der Waals surface area contributed by atoms with Crippen molar-refractivity contribution in [1.29, 1.82) is 0 Å². The zero-order valence-corrected chi connectivity index (χ0v) is 18.4. The van der Waals surface area contributed by atoms with Gasteiger partial charge in [-0.25, -0.2) is 4.39 Å². The Labute approximate surface area is 193 Å². The average molecular weight is 460 g/mol. The molecule has 0 N–H and O–H groups in total. The molecule has 164 valence electrons. The van der Waals surface area contributed by atoms with Crippen LogP contribution in [-0.4, -0.2) is 32.0 Å². The van der Waals surface area contributed by atoms with Gasteiger partial charge in [0.25, 0.3) is 5.89 Å². The maximum atomic E-state index is 13.2. The fraction of sp³-hybridized carbons (Fsp3) is 0.0833. The molecule has 0 aliphatic carbocycles. The maximum Gasteiger partial charge on any atom is 0.257 e. The highest BCUT2D eigenvalue weighted by atomic mass is 32.2. The summed E-state index contributed by atoms with van der Waals surface area (Å²) < 4.78 is 25.9. The molecule has 3 aromatic carbocycles. The molecule has 7 nitrogen and oxygen atoms in total. The minimum atomic E-state index is -0.318. The van der Waals surface area contributed by atoms with E-state index < -0.39 is 0 Å². The van der Waals surface area contributed by atoms with Crippen LogP contribution in [0.4, 0.5) is 4.39 Å². The third-order valence-corrected chi connectivity index (χ3v) is 5.79. The van der Waals surface area contributed by atoms with Gasteiger partial charge in [0.05, 0.1) is 12.9 Å². The minimum absolute atomic E-state index is 0.318. The van der Waals surface area contributed by atoms with Gasteiger partial charge in [0.1, 0.15) is 11.6 Å². The van der Waals surface area contributed by atoms with Crippen LogP contribution in [-0.2, 0) is 5.75 Å². The van der Waals surface area contributed by atoms with E-state index in [-0.39, 0.29) is 5.82 Å². The number of para-hydroxylation sites is 1. The average Bonchev–Trinajstić information content (AvgIpc) is 3.51. The first-order valence-electron chi connectivity index (χ1n) is 10.1. The molecule has 0 atom stereocenters. The number of ether oxygens (including phenoxy) is 1. The molecule has 2 aromatic heterocycles. The Morgan fingerprint density at radius 2 is 1.76 bits per heavy atom. The smallest absolute Gasteiger partial charge is 0.257 e. The zero-order chi connectivity index (χ0) is 22.6. The van der Waals surface area contributed by atoms with Crippen molar-refractivity contribution in [3.8, 4) is 34.3 Å². The Balaban J connectivity index is 1.44. The van der Waals surface area contributed by atoms with Crippen LogP contribution in [0.3, 0.4) is 0 Å². The van der Waals surface area contributed by atoms with E-state index in [1.54, 1.807) is 19.2 Å². The summed E-state index contributed by atoms with van der Waals surface area (Å²) >= 11 is 1.44. The standard InChI is InChI=1S/C24H18FN5O2S/c1-31-20-9-5-6-17(14-20)22-27-28-24(30(22)19-7-3-2-4-8-19)33-15-21-26-23(32-29-21)16-10-12-18(25)13-11-16/h2-14H,15H2,1H3. The van der Waals surface area contributed by atoms with Crippen molar-refractivity contribution in [2.24, 2.45) is 0 Å². The van der Waals surface area contributed by atoms with Gasteiger partial charge < -0.3 is 9.26 Å². The summed E-state index contributed by atoms with van der Waals surface area (Å²) in [6.45, 7) is 0. The van der Waals surface area contributed by atoms with Crippen molar-refractivity contribution in [2.75, 3.05) is 7.11 Å². The van der Waals surface area contributed by atoms with Gasteiger partial charge in [-0.3, -0.25) is 4.57 Å². The quantitative estimate of drug-likeness (QED) is 0.301. The third-order valence-electron chi connectivity index (χ3n) is 4.87. The lowest BCUT2D eigenvalue weighted by atomic mass is 10.2. The molecule has 0 fully saturated rings. The van der Waals surface area contributed by atoms with Crippen LogP contribution >= 0.6 is 11.8 Å². The molecule has 5 rings (SSSR count). The number of thioether (sulfide) groups is 1. The number of hydrogen-bond donors (Lipinski definition) is 0. The second kappa shape index (κ2) is 9.25. The van der Waals surface area contributed by atoms with E-state index in [4.69, 9.17) is 9.26 Å². The van der Waals surface area contributed by atoms with Crippen molar-refractivity contribution < 1.29 is 13.7 Å². The molecule has 2 heterocycles. The van der Waals surface area contributed by atoms with Crippen molar-refractivity contribution in [1.82, 2.24) is 24.9 Å². The summed E-state index contributed by atoms with van der Waals surface area (Å²) in [5, 5.41) is 13.6. The molecule has 0 unspecified atom stereocenters. The number of nitrogens with zero attached hydrogens (tertiary/aromatic N) is 5. The Hall–Kier alpha value is -3.98. The first-order valence-corrected chi connectivity index (χ1v) is 11.1. The van der Waals surface area contributed by atoms with E-state index in [1.807, 2.05) is 59.2 Å². The number of methoxy groups -OCH3 is 1. The summed E-state index contributed by atoms with van der Waals surface area (Å²) in [6.07, 6.45) is 0. The minimum Gasteiger partial charge on any atom is -0.497 e. The van der Waals surface area contributed by atoms with Crippen molar-refractivity contribution in [2.45, 2.75) is 10.9 Å². The van der Waals surface area contributed by atoms with E-state index in [9.17, 15) is 4.39 Å². The van der Waals surface area contributed by atoms with Gasteiger partial charge in [0.2, 0.25) is 0 Å². The predicted octanol–water partition coefficient (Wildman–Crippen LogP) is 5.42. The van der Waals surface area contributed by atoms with Crippen LogP contribution in [0.5, 0.6) is 5.75 Å². The van der Waals surface area contributed by atoms with Crippen LogP contribution in [0.15, 0.2) is 88.5 Å². The molecular weight excluding hydrogens is 441 g/mol. The van der Waals surface area contributed by atoms with E-state index in [1.165, 1.54) is 23.9 Å². The van der Waals surface area contributed by atoms with Crippen LogP contribution in [0, 0.1) is 5.82 Å². The second-order valence-corrected chi connectivity index (χ2v) is 7.96. The number of aromatic nitrogens is 5. The van der Waals surface area contributed by atoms with E-state index in [0.717, 1.165) is 17.0 Å². The van der Waals surface area contributed by atoms with Crippen LogP contribution < -0.4 is 4.74 Å². The lowest BCUT2D eigenvalue weighted by Crippen LogP contribution is -2.00. The molecule has 5 aromatic rings. The van der Waals surface area contributed by atoms with Crippen molar-refractivity contribution in [3.05, 3.63) is 90.5 Å². The topological polar surface area (TPSA) is 78.9 Å². The van der Waals surface area contributed by atoms with E-state index in [0.29, 0.717) is 34.0 Å². The van der Waals surface area contributed by atoms with Gasteiger partial charge in [-0.05, 0) is 48.5 Å². The third kappa shape index (κ3) is 4.49. The number of hydrogen-bond acceptors (Lipinski definition) is 7. The lowest BCUT2D eigenvalue weighted by molar-refractivity contribution is 0.415. The van der Waals surface area contributed by atoms with Crippen LogP contribution in [0.1, 0.15) is 5.82 Å². The molecule has 0 aliphatic rings. The highest BCUT2D eigenvalue weighted by molar-refractivity contribution is 7.98. The monoisotopic (exact) mass is 459 g/mol. The largest absolute Gasteiger partial charge is 0.497 e. The fourth-order valence-corrected chi connectivity index (χ4v) is 4.07. The summed E-state index contributed by atoms with van der Waals surface area (Å²) in [4.78, 5) is 4.42. The zero-order valence-electron chi connectivity index (χ0n) is 17.6. The molecule has 0 aliphatic heterocycles. The van der Waals surface area contributed by atoms with Gasteiger partial charge >= 0.3 is 0 Å². The Morgan fingerprint density at radius 3 is 2.55 bits per heavy atom. The second-order valence-electron chi connectivity index (χ2n) is 7.02. The number of halogens is 1. The molecule has 0 bridgehead atoms. The first kappa shape index (κ1) is 20.9. The number of rotatable bonds is 7. The summed E-state index contributed by atoms with van der Waals surface area (Å²) in [6, 6.07) is 23.5. The van der Waals surface area contributed by atoms with Gasteiger partial charge in [-0.2, -0.15) is 4.98 Å². The molecule has 9 heteroatoms. The van der Waals surface area contributed by atoms with E-state index in [2.05, 4.69) is 20.3 Å². The lowest BCUT2D eigenvalue weighted by Gasteiger charge is -2.10. The van der Waals surface area contributed by atoms with Crippen molar-refractivity contribution >= 4 is 11.8 Å². The normalized spacial score (nSPS) is 11.0. The highest BCUT2D eigenvalue weighted by Crippen LogP contribution is 2.31. The molecular formula is C24H18FN5O2S. The SMILES string of the molecule is COc1cccc(-c2nnc(SCc3noc(-c4ccc(F)cc4)n3)n2-c2ccccc2)c1. The molecule has 0 amide bonds. The molecule has 0 saturated carbocycles. The first-order chi connectivity index (χ1) is 16.2. The van der Waals surface area contributed by atoms with E-state index >= 15 is 0 Å². The Morgan fingerprint density at radius 1 is 0.939 bits per heavy atom. The summed E-state index contributed by atoms with van der Waals surface area (Å²) in [5.74, 6) is 2.39. The number of benzene rings is 3. The molecule has 0 spiro atoms. The summed E-state index contributed by atoms with van der Waals surface area (Å²) in [7, 11) is 1.63. The Bertz CT molecular complexity index is 1370. The molecule has 0 saturated heterocycles.